The van der Waals surface area contributed by atoms with E-state index in [1.807, 2.05) is 39.0 Å². The van der Waals surface area contributed by atoms with Crippen LogP contribution >= 0.6 is 23.7 Å². The maximum atomic E-state index is 12.5. The molecule has 21 heavy (non-hydrogen) atoms. The van der Waals surface area contributed by atoms with Crippen molar-refractivity contribution in [2.24, 2.45) is 11.1 Å². The maximum Gasteiger partial charge on any atom is 0.233 e. The van der Waals surface area contributed by atoms with E-state index in [-0.39, 0.29) is 18.3 Å². The Hall–Kier alpha value is -1.17. The van der Waals surface area contributed by atoms with Crippen molar-refractivity contribution in [3.63, 3.8) is 0 Å². The van der Waals surface area contributed by atoms with Gasteiger partial charge in [-0.05, 0) is 31.4 Å². The van der Waals surface area contributed by atoms with Gasteiger partial charge in [0.15, 0.2) is 5.13 Å². The minimum Gasteiger partial charge on any atom is -0.329 e. The number of carbonyl (C=O) groups is 1. The molecule has 2 aromatic rings. The topological polar surface area (TPSA) is 68.0 Å². The van der Waals surface area contributed by atoms with E-state index >= 15 is 0 Å². The average Bonchev–Trinajstić information content (AvgIpc) is 2.85. The average molecular weight is 328 g/mol. The molecule has 116 valence electrons. The van der Waals surface area contributed by atoms with Crippen LogP contribution in [0.15, 0.2) is 18.2 Å². The monoisotopic (exact) mass is 327 g/mol. The molecule has 4 nitrogen and oxygen atoms in total. The molecule has 0 saturated carbocycles. The Labute approximate surface area is 135 Å². The Morgan fingerprint density at radius 2 is 2.05 bits per heavy atom. The van der Waals surface area contributed by atoms with Crippen molar-refractivity contribution >= 4 is 45.0 Å². The number of para-hydroxylation sites is 1. The van der Waals surface area contributed by atoms with Gasteiger partial charge in [-0.2, -0.15) is 0 Å². The summed E-state index contributed by atoms with van der Waals surface area (Å²) in [6.45, 7) is 6.38. The van der Waals surface area contributed by atoms with Crippen LogP contribution < -0.4 is 11.1 Å². The molecule has 1 heterocycles. The number of hydrogen-bond donors (Lipinski definition) is 2. The lowest BCUT2D eigenvalue weighted by Crippen LogP contribution is -2.41. The molecule has 0 aliphatic rings. The van der Waals surface area contributed by atoms with Crippen LogP contribution in [0.4, 0.5) is 5.13 Å². The number of halogens is 1. The Balaban J connectivity index is 0.00000220. The quantitative estimate of drug-likeness (QED) is 0.879. The molecule has 1 aromatic carbocycles. The van der Waals surface area contributed by atoms with E-state index in [0.29, 0.717) is 11.7 Å². The van der Waals surface area contributed by atoms with Gasteiger partial charge >= 0.3 is 0 Å². The van der Waals surface area contributed by atoms with Gasteiger partial charge in [-0.15, -0.1) is 12.4 Å². The number of anilines is 1. The first-order valence-electron chi connectivity index (χ1n) is 6.94. The number of fused-ring (bicyclic) bond motifs is 1. The Morgan fingerprint density at radius 3 is 2.57 bits per heavy atom. The number of nitrogens with zero attached hydrogens (tertiary/aromatic N) is 1. The van der Waals surface area contributed by atoms with E-state index in [4.69, 9.17) is 5.73 Å². The smallest absolute Gasteiger partial charge is 0.233 e. The summed E-state index contributed by atoms with van der Waals surface area (Å²) < 4.78 is 1.09. The Kier molecular flexibility index (Phi) is 6.13. The van der Waals surface area contributed by atoms with Crippen LogP contribution in [0.2, 0.25) is 0 Å². The number of aromatic nitrogens is 1. The highest BCUT2D eigenvalue weighted by Crippen LogP contribution is 2.31. The number of thiazole rings is 1. The fourth-order valence-corrected chi connectivity index (χ4v) is 3.26. The van der Waals surface area contributed by atoms with Gasteiger partial charge in [0.25, 0.3) is 0 Å². The molecule has 0 fully saturated rings. The summed E-state index contributed by atoms with van der Waals surface area (Å²) in [5, 5.41) is 3.59. The molecule has 1 amide bonds. The SMILES string of the molecule is CCC(CC)(CN)C(=O)Nc1nc2c(C)cccc2s1.Cl. The lowest BCUT2D eigenvalue weighted by molar-refractivity contribution is -0.125. The molecular weight excluding hydrogens is 306 g/mol. The van der Waals surface area contributed by atoms with Gasteiger partial charge in [0.05, 0.1) is 15.6 Å². The third-order valence-electron chi connectivity index (χ3n) is 4.07. The molecule has 0 bridgehead atoms. The fraction of sp³-hybridized carbons (Fsp3) is 0.467. The van der Waals surface area contributed by atoms with Gasteiger partial charge in [-0.3, -0.25) is 4.79 Å². The van der Waals surface area contributed by atoms with Gasteiger partial charge in [0.2, 0.25) is 5.91 Å². The number of nitrogens with two attached hydrogens (primary N) is 1. The molecule has 0 unspecified atom stereocenters. The first kappa shape index (κ1) is 17.9. The second-order valence-corrected chi connectivity index (χ2v) is 6.12. The van der Waals surface area contributed by atoms with E-state index < -0.39 is 5.41 Å². The van der Waals surface area contributed by atoms with Crippen molar-refractivity contribution in [3.05, 3.63) is 23.8 Å². The number of hydrogen-bond acceptors (Lipinski definition) is 4. The summed E-state index contributed by atoms with van der Waals surface area (Å²) in [5.41, 5.74) is 7.39. The van der Waals surface area contributed by atoms with Gasteiger partial charge in [-0.1, -0.05) is 37.3 Å². The number of nitrogens with one attached hydrogen (secondary N) is 1. The first-order chi connectivity index (χ1) is 9.56. The molecule has 6 heteroatoms. The van der Waals surface area contributed by atoms with Crippen molar-refractivity contribution in [3.8, 4) is 0 Å². The van der Waals surface area contributed by atoms with Crippen LogP contribution in [0, 0.1) is 12.3 Å². The lowest BCUT2D eigenvalue weighted by atomic mass is 9.81. The fourth-order valence-electron chi connectivity index (χ4n) is 2.32. The normalized spacial score (nSPS) is 11.2. The van der Waals surface area contributed by atoms with Gasteiger partial charge in [0, 0.05) is 6.54 Å². The predicted molar refractivity (Wildman–Crippen MR) is 92.3 cm³/mol. The van der Waals surface area contributed by atoms with Crippen LogP contribution in [-0.2, 0) is 4.79 Å². The molecule has 0 aliphatic heterocycles. The van der Waals surface area contributed by atoms with Crippen LogP contribution in [0.3, 0.4) is 0 Å². The maximum absolute atomic E-state index is 12.5. The minimum absolute atomic E-state index is 0. The van der Waals surface area contributed by atoms with Crippen molar-refractivity contribution in [2.45, 2.75) is 33.6 Å². The summed E-state index contributed by atoms with van der Waals surface area (Å²) >= 11 is 1.50. The highest BCUT2D eigenvalue weighted by Gasteiger charge is 2.33. The first-order valence-corrected chi connectivity index (χ1v) is 7.75. The third kappa shape index (κ3) is 3.36. The highest BCUT2D eigenvalue weighted by molar-refractivity contribution is 7.22. The molecule has 1 aromatic heterocycles. The van der Waals surface area contributed by atoms with E-state index in [2.05, 4.69) is 10.3 Å². The predicted octanol–water partition coefficient (Wildman–Crippen LogP) is 3.73. The van der Waals surface area contributed by atoms with Crippen LogP contribution in [0.5, 0.6) is 0 Å². The number of aryl methyl sites for hydroxylation is 1. The number of rotatable bonds is 5. The standard InChI is InChI=1S/C15H21N3OS.ClH/c1-4-15(5-2,9-16)13(19)18-14-17-12-10(3)7-6-8-11(12)20-14;/h6-8H,4-5,9,16H2,1-3H3,(H,17,18,19);1H. The number of benzene rings is 1. The molecule has 0 radical (unpaired) electrons. The summed E-state index contributed by atoms with van der Waals surface area (Å²) in [4.78, 5) is 17.0. The number of amides is 1. The Morgan fingerprint density at radius 1 is 1.38 bits per heavy atom. The molecule has 2 rings (SSSR count). The van der Waals surface area contributed by atoms with Crippen LogP contribution in [0.1, 0.15) is 32.3 Å². The van der Waals surface area contributed by atoms with Crippen molar-refractivity contribution in [2.75, 3.05) is 11.9 Å². The molecule has 0 spiro atoms. The van der Waals surface area contributed by atoms with Crippen LogP contribution in [0.25, 0.3) is 10.2 Å². The Bertz CT molecular complexity index is 614. The zero-order valence-corrected chi connectivity index (χ0v) is 14.2. The van der Waals surface area contributed by atoms with E-state index in [0.717, 1.165) is 28.6 Å². The zero-order valence-electron chi connectivity index (χ0n) is 12.6. The largest absolute Gasteiger partial charge is 0.329 e. The lowest BCUT2D eigenvalue weighted by Gasteiger charge is -2.27. The molecular formula is C15H22ClN3OS. The second-order valence-electron chi connectivity index (χ2n) is 5.09. The van der Waals surface area contributed by atoms with Crippen LogP contribution in [-0.4, -0.2) is 17.4 Å². The summed E-state index contributed by atoms with van der Waals surface area (Å²) in [6.07, 6.45) is 1.46. The highest BCUT2D eigenvalue weighted by atomic mass is 35.5. The van der Waals surface area contributed by atoms with Gasteiger partial charge < -0.3 is 11.1 Å². The molecule has 0 aliphatic carbocycles. The van der Waals surface area contributed by atoms with E-state index in [1.54, 1.807) is 0 Å². The minimum atomic E-state index is -0.493. The third-order valence-corrected chi connectivity index (χ3v) is 5.00. The van der Waals surface area contributed by atoms with E-state index in [9.17, 15) is 4.79 Å². The summed E-state index contributed by atoms with van der Waals surface area (Å²) in [7, 11) is 0. The molecule has 0 atom stereocenters. The van der Waals surface area contributed by atoms with Gasteiger partial charge in [0.1, 0.15) is 0 Å². The van der Waals surface area contributed by atoms with E-state index in [1.165, 1.54) is 11.3 Å². The zero-order chi connectivity index (χ0) is 14.8. The summed E-state index contributed by atoms with van der Waals surface area (Å²) in [6, 6.07) is 6.05. The number of carbonyl (C=O) groups excluding carboxylic acids is 1. The van der Waals surface area contributed by atoms with Crippen molar-refractivity contribution in [1.82, 2.24) is 4.98 Å². The van der Waals surface area contributed by atoms with Crippen molar-refractivity contribution < 1.29 is 4.79 Å². The molecule has 3 N–H and O–H groups in total. The van der Waals surface area contributed by atoms with Crippen molar-refractivity contribution in [1.29, 1.82) is 0 Å². The molecule has 0 saturated heterocycles. The second kappa shape index (κ2) is 7.20. The van der Waals surface area contributed by atoms with Gasteiger partial charge in [-0.25, -0.2) is 4.98 Å². The summed E-state index contributed by atoms with van der Waals surface area (Å²) in [5.74, 6) is -0.0262.